The summed E-state index contributed by atoms with van der Waals surface area (Å²) in [6, 6.07) is 20.6. The van der Waals surface area contributed by atoms with Crippen molar-refractivity contribution in [2.45, 2.75) is 20.3 Å². The number of amides is 2. The zero-order valence-electron chi connectivity index (χ0n) is 19.6. The lowest BCUT2D eigenvalue weighted by atomic mass is 10.1. The Morgan fingerprint density at radius 2 is 1.63 bits per heavy atom. The Kier molecular flexibility index (Phi) is 7.06. The Hall–Kier alpha value is -4.26. The van der Waals surface area contributed by atoms with Crippen molar-refractivity contribution >= 4 is 34.9 Å². The van der Waals surface area contributed by atoms with Crippen LogP contribution in [0.3, 0.4) is 0 Å². The molecule has 0 spiro atoms. The van der Waals surface area contributed by atoms with E-state index in [1.165, 1.54) is 12.1 Å². The molecule has 1 heterocycles. The van der Waals surface area contributed by atoms with Crippen LogP contribution in [-0.2, 0) is 14.3 Å². The molecule has 0 radical (unpaired) electrons. The van der Waals surface area contributed by atoms with Crippen molar-refractivity contribution in [3.05, 3.63) is 95.1 Å². The van der Waals surface area contributed by atoms with Crippen LogP contribution in [-0.4, -0.2) is 36.7 Å². The number of ether oxygens (including phenoxy) is 1. The van der Waals surface area contributed by atoms with E-state index in [1.807, 2.05) is 32.0 Å². The van der Waals surface area contributed by atoms with Crippen LogP contribution in [0.2, 0.25) is 0 Å². The molecule has 0 aliphatic carbocycles. The molecule has 7 nitrogen and oxygen atoms in total. The lowest BCUT2D eigenvalue weighted by Gasteiger charge is -2.20. The summed E-state index contributed by atoms with van der Waals surface area (Å²) in [4.78, 5) is 51.4. The third kappa shape index (κ3) is 5.46. The predicted octanol–water partition coefficient (Wildman–Crippen LogP) is 4.33. The number of nitrogens with zero attached hydrogens (tertiary/aromatic N) is 1. The van der Waals surface area contributed by atoms with Crippen molar-refractivity contribution in [3.8, 4) is 0 Å². The van der Waals surface area contributed by atoms with Gasteiger partial charge in [-0.2, -0.15) is 0 Å². The third-order valence-corrected chi connectivity index (χ3v) is 6.18. The predicted molar refractivity (Wildman–Crippen MR) is 133 cm³/mol. The molecule has 35 heavy (non-hydrogen) atoms. The van der Waals surface area contributed by atoms with Crippen LogP contribution >= 0.6 is 0 Å². The number of carbonyl (C=O) groups is 4. The molecule has 178 valence electrons. The highest BCUT2D eigenvalue weighted by Gasteiger charge is 2.35. The summed E-state index contributed by atoms with van der Waals surface area (Å²) in [6.45, 7) is 3.92. The molecule has 0 unspecified atom stereocenters. The minimum atomic E-state index is -0.627. The molecule has 2 amide bonds. The zero-order chi connectivity index (χ0) is 24.9. The third-order valence-electron chi connectivity index (χ3n) is 6.18. The van der Waals surface area contributed by atoms with Gasteiger partial charge in [-0.15, -0.1) is 0 Å². The number of esters is 1. The summed E-state index contributed by atoms with van der Waals surface area (Å²) in [5, 5.41) is 2.82. The van der Waals surface area contributed by atoms with Crippen LogP contribution in [0.15, 0.2) is 72.8 Å². The summed E-state index contributed by atoms with van der Waals surface area (Å²) in [5.41, 5.74) is 4.19. The van der Waals surface area contributed by atoms with E-state index >= 15 is 0 Å². The van der Waals surface area contributed by atoms with E-state index in [9.17, 15) is 19.2 Å². The van der Waals surface area contributed by atoms with Gasteiger partial charge in [-0.05, 0) is 55.3 Å². The van der Waals surface area contributed by atoms with E-state index in [1.54, 1.807) is 47.4 Å². The van der Waals surface area contributed by atoms with Crippen molar-refractivity contribution in [1.29, 1.82) is 0 Å². The first-order chi connectivity index (χ1) is 16.8. The van der Waals surface area contributed by atoms with Gasteiger partial charge in [0.25, 0.3) is 0 Å². The highest BCUT2D eigenvalue weighted by Crippen LogP contribution is 2.30. The largest absolute Gasteiger partial charge is 0.454 e. The topological polar surface area (TPSA) is 92.8 Å². The second-order valence-electron chi connectivity index (χ2n) is 8.56. The smallest absolute Gasteiger partial charge is 0.338 e. The number of ketones is 1. The van der Waals surface area contributed by atoms with Crippen LogP contribution < -0.4 is 10.2 Å². The maximum atomic E-state index is 12.8. The summed E-state index contributed by atoms with van der Waals surface area (Å²) < 4.78 is 5.11. The van der Waals surface area contributed by atoms with Gasteiger partial charge in [0.15, 0.2) is 12.4 Å². The molecule has 1 saturated heterocycles. The number of carbonyl (C=O) groups excluding carboxylic acids is 4. The molecule has 1 aliphatic heterocycles. The van der Waals surface area contributed by atoms with Gasteiger partial charge in [0, 0.05) is 29.9 Å². The van der Waals surface area contributed by atoms with Crippen LogP contribution in [0, 0.1) is 19.8 Å². The van der Waals surface area contributed by atoms with Gasteiger partial charge in [-0.1, -0.05) is 42.5 Å². The molecule has 3 aromatic rings. The average molecular weight is 471 g/mol. The van der Waals surface area contributed by atoms with Crippen LogP contribution in [0.25, 0.3) is 0 Å². The summed E-state index contributed by atoms with van der Waals surface area (Å²) in [6.07, 6.45) is 0.138. The molecule has 7 heteroatoms. The first kappa shape index (κ1) is 23.9. The van der Waals surface area contributed by atoms with Gasteiger partial charge < -0.3 is 15.0 Å². The number of hydrogen-bond acceptors (Lipinski definition) is 5. The highest BCUT2D eigenvalue weighted by molar-refractivity contribution is 6.04. The van der Waals surface area contributed by atoms with E-state index < -0.39 is 11.9 Å². The fourth-order valence-corrected chi connectivity index (χ4v) is 4.00. The molecule has 3 aromatic carbocycles. The van der Waals surface area contributed by atoms with E-state index in [0.29, 0.717) is 17.8 Å². The number of aryl methyl sites for hydroxylation is 1. The fourth-order valence-electron chi connectivity index (χ4n) is 4.00. The van der Waals surface area contributed by atoms with Gasteiger partial charge in [-0.3, -0.25) is 14.4 Å². The van der Waals surface area contributed by atoms with Crippen molar-refractivity contribution in [1.82, 2.24) is 0 Å². The maximum absolute atomic E-state index is 12.8. The minimum Gasteiger partial charge on any atom is -0.454 e. The number of rotatable bonds is 7. The first-order valence-electron chi connectivity index (χ1n) is 11.4. The van der Waals surface area contributed by atoms with Gasteiger partial charge >= 0.3 is 5.97 Å². The molecule has 0 aromatic heterocycles. The van der Waals surface area contributed by atoms with Gasteiger partial charge in [-0.25, -0.2) is 4.79 Å². The van der Waals surface area contributed by atoms with Crippen molar-refractivity contribution < 1.29 is 23.9 Å². The van der Waals surface area contributed by atoms with Crippen LogP contribution in [0.4, 0.5) is 11.4 Å². The molecular formula is C28H26N2O5. The summed E-state index contributed by atoms with van der Waals surface area (Å²) >= 11 is 0. The molecule has 1 fully saturated rings. The number of benzene rings is 3. The van der Waals surface area contributed by atoms with Gasteiger partial charge in [0.2, 0.25) is 11.8 Å². The molecule has 0 saturated carbocycles. The normalized spacial score (nSPS) is 15.1. The molecule has 4 rings (SSSR count). The number of nitrogens with one attached hydrogen (secondary N) is 1. The standard InChI is InChI=1S/C28H26N2O5/c1-18-7-6-10-24(19(18)2)30-16-22(15-26(30)32)27(33)29-23-13-11-21(12-14-23)28(34)35-17-25(31)20-8-4-3-5-9-20/h3-14,22H,15-17H2,1-2H3,(H,29,33)/t22-/m0/s1. The average Bonchev–Trinajstić information content (AvgIpc) is 3.26. The maximum Gasteiger partial charge on any atom is 0.338 e. The Morgan fingerprint density at radius 3 is 2.34 bits per heavy atom. The fraction of sp³-hybridized carbons (Fsp3) is 0.214. The second-order valence-corrected chi connectivity index (χ2v) is 8.56. The van der Waals surface area contributed by atoms with Gasteiger partial charge in [0.1, 0.15) is 0 Å². The zero-order valence-corrected chi connectivity index (χ0v) is 19.6. The van der Waals surface area contributed by atoms with E-state index in [4.69, 9.17) is 4.74 Å². The molecule has 1 aliphatic rings. The lowest BCUT2D eigenvalue weighted by Crippen LogP contribution is -2.28. The minimum absolute atomic E-state index is 0.0815. The van der Waals surface area contributed by atoms with Crippen molar-refractivity contribution in [2.75, 3.05) is 23.4 Å². The monoisotopic (exact) mass is 470 g/mol. The lowest BCUT2D eigenvalue weighted by molar-refractivity contribution is -0.122. The number of Topliss-reactive ketones (excluding diaryl/α,β-unsaturated/α-hetero) is 1. The Morgan fingerprint density at radius 1 is 0.914 bits per heavy atom. The van der Waals surface area contributed by atoms with E-state index in [2.05, 4.69) is 5.32 Å². The summed E-state index contributed by atoms with van der Waals surface area (Å²) in [7, 11) is 0. The SMILES string of the molecule is Cc1cccc(N2C[C@@H](C(=O)Nc3ccc(C(=O)OCC(=O)c4ccccc4)cc3)CC2=O)c1C. The molecule has 1 atom stereocenters. The Balaban J connectivity index is 1.32. The Labute approximate surface area is 203 Å². The summed E-state index contributed by atoms with van der Waals surface area (Å²) in [5.74, 6) is -1.73. The van der Waals surface area contributed by atoms with E-state index in [0.717, 1.165) is 16.8 Å². The first-order valence-corrected chi connectivity index (χ1v) is 11.4. The van der Waals surface area contributed by atoms with Crippen molar-refractivity contribution in [3.63, 3.8) is 0 Å². The van der Waals surface area contributed by atoms with Crippen molar-refractivity contribution in [2.24, 2.45) is 5.92 Å². The van der Waals surface area contributed by atoms with E-state index in [-0.39, 0.29) is 36.2 Å². The molecular weight excluding hydrogens is 444 g/mol. The van der Waals surface area contributed by atoms with Gasteiger partial charge in [0.05, 0.1) is 11.5 Å². The second kappa shape index (κ2) is 10.3. The number of hydrogen-bond donors (Lipinski definition) is 1. The molecule has 0 bridgehead atoms. The highest BCUT2D eigenvalue weighted by atomic mass is 16.5. The van der Waals surface area contributed by atoms with Crippen LogP contribution in [0.1, 0.15) is 38.3 Å². The van der Waals surface area contributed by atoms with Crippen LogP contribution in [0.5, 0.6) is 0 Å². The quantitative estimate of drug-likeness (QED) is 0.410. The molecule has 1 N–H and O–H groups in total. The Bertz CT molecular complexity index is 1270. The number of anilines is 2.